The molecule has 1 aliphatic carbocycles. The van der Waals surface area contributed by atoms with Gasteiger partial charge < -0.3 is 10.1 Å². The van der Waals surface area contributed by atoms with Gasteiger partial charge in [0.05, 0.1) is 17.1 Å². The van der Waals surface area contributed by atoms with Gasteiger partial charge in [0, 0.05) is 13.5 Å². The van der Waals surface area contributed by atoms with Crippen LogP contribution in [0, 0.1) is 19.8 Å². The van der Waals surface area contributed by atoms with Crippen molar-refractivity contribution in [2.75, 3.05) is 11.9 Å². The van der Waals surface area contributed by atoms with E-state index in [0.717, 1.165) is 17.8 Å². The van der Waals surface area contributed by atoms with Crippen molar-refractivity contribution in [2.45, 2.75) is 52.4 Å². The van der Waals surface area contributed by atoms with Gasteiger partial charge in [-0.05, 0) is 26.2 Å². The average Bonchev–Trinajstić information content (AvgIpc) is 3.07. The number of aryl methyl sites for hydroxylation is 2. The summed E-state index contributed by atoms with van der Waals surface area (Å²) in [6.45, 7) is 3.47. The Balaban J connectivity index is 1.71. The van der Waals surface area contributed by atoms with E-state index in [1.807, 2.05) is 20.9 Å². The fourth-order valence-electron chi connectivity index (χ4n) is 2.97. The third-order valence-electron chi connectivity index (χ3n) is 4.37. The van der Waals surface area contributed by atoms with Crippen molar-refractivity contribution >= 4 is 17.6 Å². The van der Waals surface area contributed by atoms with E-state index in [9.17, 15) is 9.59 Å². The zero-order valence-electron chi connectivity index (χ0n) is 13.6. The third-order valence-corrected chi connectivity index (χ3v) is 4.37. The van der Waals surface area contributed by atoms with Crippen molar-refractivity contribution in [2.24, 2.45) is 13.0 Å². The van der Waals surface area contributed by atoms with Crippen molar-refractivity contribution in [1.29, 1.82) is 0 Å². The summed E-state index contributed by atoms with van der Waals surface area (Å²) in [7, 11) is 1.82. The van der Waals surface area contributed by atoms with Crippen LogP contribution in [0.2, 0.25) is 0 Å². The summed E-state index contributed by atoms with van der Waals surface area (Å²) >= 11 is 0. The van der Waals surface area contributed by atoms with E-state index in [1.54, 1.807) is 4.68 Å². The number of esters is 1. The minimum Gasteiger partial charge on any atom is -0.456 e. The maximum absolute atomic E-state index is 11.9. The summed E-state index contributed by atoms with van der Waals surface area (Å²) in [5.74, 6) is 0.0390. The Bertz CT molecular complexity index is 545. The van der Waals surface area contributed by atoms with Gasteiger partial charge in [-0.2, -0.15) is 5.10 Å². The average molecular weight is 307 g/mol. The van der Waals surface area contributed by atoms with Gasteiger partial charge in [0.25, 0.3) is 5.91 Å². The molecule has 1 aliphatic rings. The lowest BCUT2D eigenvalue weighted by atomic mass is 10.0. The van der Waals surface area contributed by atoms with Gasteiger partial charge in [0.2, 0.25) is 0 Å². The summed E-state index contributed by atoms with van der Waals surface area (Å²) in [6, 6.07) is 0. The number of hydrogen-bond donors (Lipinski definition) is 1. The van der Waals surface area contributed by atoms with Crippen LogP contribution in [0.1, 0.15) is 49.9 Å². The van der Waals surface area contributed by atoms with E-state index in [-0.39, 0.29) is 18.5 Å². The fraction of sp³-hybridized carbons (Fsp3) is 0.688. The second kappa shape index (κ2) is 7.42. The lowest BCUT2D eigenvalue weighted by Gasteiger charge is -2.09. The molecule has 2 rings (SSSR count). The summed E-state index contributed by atoms with van der Waals surface area (Å²) in [6.07, 6.45) is 6.25. The van der Waals surface area contributed by atoms with Crippen LogP contribution in [0.3, 0.4) is 0 Å². The highest BCUT2D eigenvalue weighted by atomic mass is 16.5. The molecule has 0 spiro atoms. The lowest BCUT2D eigenvalue weighted by molar-refractivity contribution is -0.147. The van der Waals surface area contributed by atoms with Crippen molar-refractivity contribution in [3.63, 3.8) is 0 Å². The predicted octanol–water partition coefficient (Wildman–Crippen LogP) is 2.49. The lowest BCUT2D eigenvalue weighted by Crippen LogP contribution is -2.21. The van der Waals surface area contributed by atoms with Crippen LogP contribution in [0.5, 0.6) is 0 Å². The van der Waals surface area contributed by atoms with Crippen LogP contribution in [0.15, 0.2) is 0 Å². The first-order valence-corrected chi connectivity index (χ1v) is 7.93. The molecule has 0 bridgehead atoms. The molecule has 0 atom stereocenters. The molecule has 1 fully saturated rings. The highest BCUT2D eigenvalue weighted by Gasteiger charge is 2.18. The van der Waals surface area contributed by atoms with Gasteiger partial charge in [-0.3, -0.25) is 14.3 Å². The number of ether oxygens (including phenoxy) is 1. The molecular formula is C16H25N3O3. The largest absolute Gasteiger partial charge is 0.456 e. The Morgan fingerprint density at radius 2 is 2.00 bits per heavy atom. The molecule has 1 aromatic rings. The minimum atomic E-state index is -0.326. The molecular weight excluding hydrogens is 282 g/mol. The molecule has 1 saturated carbocycles. The molecule has 0 saturated heterocycles. The van der Waals surface area contributed by atoms with Crippen LogP contribution in [0.4, 0.5) is 5.69 Å². The normalized spacial score (nSPS) is 15.0. The standard InChI is InChI=1S/C16H25N3O3/c1-11-16(12(2)19(3)18-11)17-14(20)10-22-15(21)9-8-13-6-4-5-7-13/h13H,4-10H2,1-3H3,(H,17,20). The second-order valence-corrected chi connectivity index (χ2v) is 6.07. The third kappa shape index (κ3) is 4.32. The molecule has 1 aromatic heterocycles. The number of hydrogen-bond acceptors (Lipinski definition) is 4. The topological polar surface area (TPSA) is 73.2 Å². The molecule has 6 nitrogen and oxygen atoms in total. The van der Waals surface area contributed by atoms with Gasteiger partial charge in [-0.25, -0.2) is 0 Å². The van der Waals surface area contributed by atoms with E-state index < -0.39 is 0 Å². The molecule has 0 radical (unpaired) electrons. The highest BCUT2D eigenvalue weighted by Crippen LogP contribution is 2.28. The number of nitrogens with zero attached hydrogens (tertiary/aromatic N) is 2. The van der Waals surface area contributed by atoms with Crippen LogP contribution in [-0.2, 0) is 21.4 Å². The quantitative estimate of drug-likeness (QED) is 0.819. The summed E-state index contributed by atoms with van der Waals surface area (Å²) in [5, 5.41) is 6.98. The number of carbonyl (C=O) groups is 2. The van der Waals surface area contributed by atoms with Crippen molar-refractivity contribution in [3.8, 4) is 0 Å². The van der Waals surface area contributed by atoms with Crippen LogP contribution < -0.4 is 5.32 Å². The zero-order chi connectivity index (χ0) is 16.1. The van der Waals surface area contributed by atoms with Crippen LogP contribution in [0.25, 0.3) is 0 Å². The maximum atomic E-state index is 11.9. The number of nitrogens with one attached hydrogen (secondary N) is 1. The van der Waals surface area contributed by atoms with Crippen LogP contribution in [-0.4, -0.2) is 28.3 Å². The number of aromatic nitrogens is 2. The second-order valence-electron chi connectivity index (χ2n) is 6.07. The summed E-state index contributed by atoms with van der Waals surface area (Å²) < 4.78 is 6.75. The van der Waals surface area contributed by atoms with Crippen molar-refractivity contribution in [1.82, 2.24) is 9.78 Å². The van der Waals surface area contributed by atoms with Crippen molar-refractivity contribution in [3.05, 3.63) is 11.4 Å². The number of amides is 1. The molecule has 0 aromatic carbocycles. The number of rotatable bonds is 6. The Labute approximate surface area is 131 Å². The molecule has 1 amide bonds. The smallest absolute Gasteiger partial charge is 0.306 e. The van der Waals surface area contributed by atoms with Gasteiger partial charge in [-0.1, -0.05) is 25.7 Å². The van der Waals surface area contributed by atoms with Gasteiger partial charge in [0.1, 0.15) is 0 Å². The summed E-state index contributed by atoms with van der Waals surface area (Å²) in [4.78, 5) is 23.5. The van der Waals surface area contributed by atoms with Crippen LogP contribution >= 0.6 is 0 Å². The van der Waals surface area contributed by atoms with E-state index in [2.05, 4.69) is 10.4 Å². The fourth-order valence-corrected chi connectivity index (χ4v) is 2.97. The molecule has 0 unspecified atom stereocenters. The number of carbonyl (C=O) groups excluding carboxylic acids is 2. The van der Waals surface area contributed by atoms with Crippen molar-refractivity contribution < 1.29 is 14.3 Å². The first-order valence-electron chi connectivity index (χ1n) is 7.93. The molecule has 1 N–H and O–H groups in total. The molecule has 22 heavy (non-hydrogen) atoms. The van der Waals surface area contributed by atoms with Gasteiger partial charge in [0.15, 0.2) is 6.61 Å². The zero-order valence-corrected chi connectivity index (χ0v) is 13.6. The highest BCUT2D eigenvalue weighted by molar-refractivity contribution is 5.93. The Hall–Kier alpha value is -1.85. The SMILES string of the molecule is Cc1nn(C)c(C)c1NC(=O)COC(=O)CCC1CCCC1. The van der Waals surface area contributed by atoms with Gasteiger partial charge in [-0.15, -0.1) is 0 Å². The molecule has 1 heterocycles. The molecule has 6 heteroatoms. The van der Waals surface area contributed by atoms with E-state index in [4.69, 9.17) is 4.74 Å². The first kappa shape index (κ1) is 16.5. The minimum absolute atomic E-state index is 0.239. The van der Waals surface area contributed by atoms with E-state index in [0.29, 0.717) is 18.0 Å². The first-order chi connectivity index (χ1) is 10.5. The number of anilines is 1. The van der Waals surface area contributed by atoms with E-state index in [1.165, 1.54) is 25.7 Å². The molecule has 122 valence electrons. The monoisotopic (exact) mass is 307 g/mol. The summed E-state index contributed by atoms with van der Waals surface area (Å²) in [5.41, 5.74) is 2.31. The Kier molecular flexibility index (Phi) is 5.57. The van der Waals surface area contributed by atoms with Gasteiger partial charge >= 0.3 is 5.97 Å². The van der Waals surface area contributed by atoms with E-state index >= 15 is 0 Å². The Morgan fingerprint density at radius 1 is 1.32 bits per heavy atom. The Morgan fingerprint density at radius 3 is 2.59 bits per heavy atom. The predicted molar refractivity (Wildman–Crippen MR) is 83.5 cm³/mol. The molecule has 0 aliphatic heterocycles. The maximum Gasteiger partial charge on any atom is 0.306 e.